The highest BCUT2D eigenvalue weighted by Gasteiger charge is 2.07. The molecule has 0 fully saturated rings. The molecule has 0 spiro atoms. The van der Waals surface area contributed by atoms with Crippen LogP contribution in [0.25, 0.3) is 0 Å². The minimum absolute atomic E-state index is 0.263. The van der Waals surface area contributed by atoms with Crippen molar-refractivity contribution in [1.29, 1.82) is 5.26 Å². The zero-order valence-corrected chi connectivity index (χ0v) is 8.34. The number of benzene rings is 1. The molecule has 3 nitrogen and oxygen atoms in total. The van der Waals surface area contributed by atoms with Crippen molar-refractivity contribution in [1.82, 2.24) is 0 Å². The lowest BCUT2D eigenvalue weighted by atomic mass is 10.1. The van der Waals surface area contributed by atoms with Crippen molar-refractivity contribution in [2.24, 2.45) is 0 Å². The Labute approximate surface area is 86.9 Å². The van der Waals surface area contributed by atoms with E-state index in [0.29, 0.717) is 11.1 Å². The number of carbonyl (C=O) groups excluding carboxylic acids is 1. The van der Waals surface area contributed by atoms with Gasteiger partial charge in [0, 0.05) is 5.88 Å². The summed E-state index contributed by atoms with van der Waals surface area (Å²) in [5.74, 6) is -0.201. The third-order valence-corrected chi connectivity index (χ3v) is 2.01. The molecule has 0 N–H and O–H groups in total. The molecular formula is C10H8ClNO2. The maximum atomic E-state index is 11.2. The highest BCUT2D eigenvalue weighted by atomic mass is 35.5. The van der Waals surface area contributed by atoms with Crippen LogP contribution in [0.5, 0.6) is 0 Å². The van der Waals surface area contributed by atoms with Gasteiger partial charge in [-0.1, -0.05) is 0 Å². The number of halogens is 1. The van der Waals surface area contributed by atoms with Gasteiger partial charge in [0.25, 0.3) is 0 Å². The van der Waals surface area contributed by atoms with Gasteiger partial charge in [-0.3, -0.25) is 0 Å². The van der Waals surface area contributed by atoms with Gasteiger partial charge in [-0.25, -0.2) is 4.79 Å². The Bertz CT molecular complexity index is 396. The van der Waals surface area contributed by atoms with Crippen LogP contribution in [0.15, 0.2) is 18.2 Å². The van der Waals surface area contributed by atoms with E-state index < -0.39 is 5.97 Å². The van der Waals surface area contributed by atoms with E-state index in [4.69, 9.17) is 16.9 Å². The van der Waals surface area contributed by atoms with Crippen molar-refractivity contribution in [2.45, 2.75) is 5.88 Å². The Morgan fingerprint density at radius 3 is 2.79 bits per heavy atom. The maximum Gasteiger partial charge on any atom is 0.337 e. The lowest BCUT2D eigenvalue weighted by molar-refractivity contribution is 0.0600. The van der Waals surface area contributed by atoms with Gasteiger partial charge in [-0.15, -0.1) is 11.6 Å². The minimum atomic E-state index is -0.464. The summed E-state index contributed by atoms with van der Waals surface area (Å²) in [6.45, 7) is 0. The molecule has 4 heteroatoms. The van der Waals surface area contributed by atoms with Crippen LogP contribution in [0.1, 0.15) is 21.5 Å². The second-order valence-electron chi connectivity index (χ2n) is 2.66. The van der Waals surface area contributed by atoms with Crippen molar-refractivity contribution in [3.63, 3.8) is 0 Å². The average Bonchev–Trinajstić information content (AvgIpc) is 2.27. The van der Waals surface area contributed by atoms with Gasteiger partial charge >= 0.3 is 5.97 Å². The Hall–Kier alpha value is -1.53. The number of methoxy groups -OCH3 is 1. The smallest absolute Gasteiger partial charge is 0.337 e. The fourth-order valence-corrected chi connectivity index (χ4v) is 1.22. The molecule has 14 heavy (non-hydrogen) atoms. The van der Waals surface area contributed by atoms with E-state index in [-0.39, 0.29) is 5.88 Å². The SMILES string of the molecule is COC(=O)c1cc(C#N)cc(CCl)c1. The van der Waals surface area contributed by atoms with Crippen LogP contribution in [0.4, 0.5) is 0 Å². The Kier molecular flexibility index (Phi) is 3.49. The number of nitrogens with zero attached hydrogens (tertiary/aromatic N) is 1. The number of rotatable bonds is 2. The fraction of sp³-hybridized carbons (Fsp3) is 0.200. The van der Waals surface area contributed by atoms with Gasteiger partial charge < -0.3 is 4.74 Å². The minimum Gasteiger partial charge on any atom is -0.465 e. The summed E-state index contributed by atoms with van der Waals surface area (Å²) in [4.78, 5) is 11.2. The molecule has 1 aromatic rings. The van der Waals surface area contributed by atoms with Crippen LogP contribution >= 0.6 is 11.6 Å². The van der Waals surface area contributed by atoms with Gasteiger partial charge in [0.2, 0.25) is 0 Å². The zero-order chi connectivity index (χ0) is 10.6. The predicted molar refractivity (Wildman–Crippen MR) is 52.1 cm³/mol. The number of hydrogen-bond acceptors (Lipinski definition) is 3. The van der Waals surface area contributed by atoms with Crippen LogP contribution in [0.2, 0.25) is 0 Å². The van der Waals surface area contributed by atoms with Crippen LogP contribution < -0.4 is 0 Å². The first-order chi connectivity index (χ1) is 6.71. The molecule has 0 amide bonds. The van der Waals surface area contributed by atoms with E-state index in [1.165, 1.54) is 13.2 Å². The van der Waals surface area contributed by atoms with E-state index in [2.05, 4.69) is 4.74 Å². The zero-order valence-electron chi connectivity index (χ0n) is 7.58. The van der Waals surface area contributed by atoms with Crippen molar-refractivity contribution >= 4 is 17.6 Å². The third-order valence-electron chi connectivity index (χ3n) is 1.70. The summed E-state index contributed by atoms with van der Waals surface area (Å²) in [5.41, 5.74) is 1.48. The molecule has 0 bridgehead atoms. The molecule has 0 atom stereocenters. The molecule has 0 unspecified atom stereocenters. The highest BCUT2D eigenvalue weighted by molar-refractivity contribution is 6.17. The summed E-state index contributed by atoms with van der Waals surface area (Å²) in [6, 6.07) is 6.68. The van der Waals surface area contributed by atoms with E-state index in [1.54, 1.807) is 12.1 Å². The first-order valence-electron chi connectivity index (χ1n) is 3.89. The normalized spacial score (nSPS) is 9.21. The molecule has 0 saturated carbocycles. The van der Waals surface area contributed by atoms with Gasteiger partial charge in [0.05, 0.1) is 24.3 Å². The van der Waals surface area contributed by atoms with Gasteiger partial charge in [0.1, 0.15) is 0 Å². The average molecular weight is 210 g/mol. The summed E-state index contributed by atoms with van der Waals surface area (Å²) >= 11 is 5.61. The van der Waals surface area contributed by atoms with E-state index in [9.17, 15) is 4.79 Å². The molecular weight excluding hydrogens is 202 g/mol. The second-order valence-corrected chi connectivity index (χ2v) is 2.92. The molecule has 0 heterocycles. The standard InChI is InChI=1S/C10H8ClNO2/c1-14-10(13)9-3-7(5-11)2-8(4-9)6-12/h2-4H,5H2,1H3. The molecule has 0 aromatic heterocycles. The Morgan fingerprint density at radius 2 is 2.29 bits per heavy atom. The van der Waals surface area contributed by atoms with E-state index >= 15 is 0 Å². The molecule has 1 aromatic carbocycles. The van der Waals surface area contributed by atoms with Gasteiger partial charge in [-0.05, 0) is 23.8 Å². The summed E-state index contributed by atoms with van der Waals surface area (Å²) in [5, 5.41) is 8.69. The third kappa shape index (κ3) is 2.24. The first-order valence-corrected chi connectivity index (χ1v) is 4.43. The number of hydrogen-bond donors (Lipinski definition) is 0. The first kappa shape index (κ1) is 10.6. The Balaban J connectivity index is 3.19. The number of carbonyl (C=O) groups is 1. The lowest BCUT2D eigenvalue weighted by Crippen LogP contribution is -2.02. The highest BCUT2D eigenvalue weighted by Crippen LogP contribution is 2.12. The van der Waals surface area contributed by atoms with Crippen molar-refractivity contribution < 1.29 is 9.53 Å². The molecule has 0 aliphatic carbocycles. The van der Waals surface area contributed by atoms with Crippen LogP contribution in [-0.2, 0) is 10.6 Å². The lowest BCUT2D eigenvalue weighted by Gasteiger charge is -2.02. The molecule has 0 saturated heterocycles. The number of alkyl halides is 1. The van der Waals surface area contributed by atoms with Crippen LogP contribution in [-0.4, -0.2) is 13.1 Å². The van der Waals surface area contributed by atoms with Crippen molar-refractivity contribution in [3.05, 3.63) is 34.9 Å². The van der Waals surface area contributed by atoms with Gasteiger partial charge in [-0.2, -0.15) is 5.26 Å². The summed E-state index contributed by atoms with van der Waals surface area (Å²) in [6.07, 6.45) is 0. The van der Waals surface area contributed by atoms with Crippen LogP contribution in [0, 0.1) is 11.3 Å². The van der Waals surface area contributed by atoms with Crippen molar-refractivity contribution in [3.8, 4) is 6.07 Å². The van der Waals surface area contributed by atoms with Crippen LogP contribution in [0.3, 0.4) is 0 Å². The second kappa shape index (κ2) is 4.64. The largest absolute Gasteiger partial charge is 0.465 e. The molecule has 0 aliphatic rings. The summed E-state index contributed by atoms with van der Waals surface area (Å²) in [7, 11) is 1.29. The summed E-state index contributed by atoms with van der Waals surface area (Å²) < 4.78 is 4.54. The van der Waals surface area contributed by atoms with E-state index in [0.717, 1.165) is 5.56 Å². The molecule has 72 valence electrons. The Morgan fingerprint density at radius 1 is 1.57 bits per heavy atom. The maximum absolute atomic E-state index is 11.2. The topological polar surface area (TPSA) is 50.1 Å². The fourth-order valence-electron chi connectivity index (χ4n) is 1.07. The number of ether oxygens (including phenoxy) is 1. The van der Waals surface area contributed by atoms with Crippen molar-refractivity contribution in [2.75, 3.05) is 7.11 Å². The van der Waals surface area contributed by atoms with Gasteiger partial charge in [0.15, 0.2) is 0 Å². The molecule has 0 aliphatic heterocycles. The predicted octanol–water partition coefficient (Wildman–Crippen LogP) is 2.08. The monoisotopic (exact) mass is 209 g/mol. The quantitative estimate of drug-likeness (QED) is 0.554. The number of esters is 1. The number of nitriles is 1. The molecule has 1 rings (SSSR count). The molecule has 0 radical (unpaired) electrons. The van der Waals surface area contributed by atoms with E-state index in [1.807, 2.05) is 6.07 Å².